The summed E-state index contributed by atoms with van der Waals surface area (Å²) in [6.45, 7) is 2.11. The number of nitrogens with zero attached hydrogens (tertiary/aromatic N) is 2. The van der Waals surface area contributed by atoms with Crippen molar-refractivity contribution in [1.29, 1.82) is 0 Å². The number of rotatable bonds is 3. The van der Waals surface area contributed by atoms with Gasteiger partial charge in [-0.2, -0.15) is 0 Å². The van der Waals surface area contributed by atoms with Gasteiger partial charge in [0.25, 0.3) is 0 Å². The van der Waals surface area contributed by atoms with Gasteiger partial charge in [-0.15, -0.1) is 0 Å². The maximum absolute atomic E-state index is 4.17. The lowest BCUT2D eigenvalue weighted by molar-refractivity contribution is 0.877. The molecule has 0 radical (unpaired) electrons. The molecule has 2 aromatic rings. The first-order valence-corrected chi connectivity index (χ1v) is 5.83. The standard InChI is InChI=1S/C12H12BrN3/c1-9(10-4-7-14-8-5-10)16-11-3-2-6-15-12(11)13/h2-9,16H,1H3. The molecule has 0 amide bonds. The summed E-state index contributed by atoms with van der Waals surface area (Å²) in [5.41, 5.74) is 2.19. The van der Waals surface area contributed by atoms with Crippen molar-refractivity contribution in [2.75, 3.05) is 5.32 Å². The van der Waals surface area contributed by atoms with Crippen molar-refractivity contribution in [2.45, 2.75) is 13.0 Å². The van der Waals surface area contributed by atoms with Crippen LogP contribution in [0, 0.1) is 0 Å². The van der Waals surface area contributed by atoms with Gasteiger partial charge >= 0.3 is 0 Å². The third-order valence-electron chi connectivity index (χ3n) is 2.34. The molecule has 2 rings (SSSR count). The SMILES string of the molecule is CC(Nc1cccnc1Br)c1ccncc1. The zero-order valence-electron chi connectivity index (χ0n) is 8.89. The molecule has 0 bridgehead atoms. The van der Waals surface area contributed by atoms with Crippen molar-refractivity contribution in [3.8, 4) is 0 Å². The Morgan fingerprint density at radius 3 is 2.62 bits per heavy atom. The second kappa shape index (κ2) is 5.07. The van der Waals surface area contributed by atoms with Gasteiger partial charge in [-0.3, -0.25) is 4.98 Å². The molecule has 82 valence electrons. The largest absolute Gasteiger partial charge is 0.376 e. The average molecular weight is 278 g/mol. The molecule has 0 saturated heterocycles. The number of nitrogens with one attached hydrogen (secondary N) is 1. The molecule has 0 aliphatic heterocycles. The Hall–Kier alpha value is -1.42. The maximum atomic E-state index is 4.17. The topological polar surface area (TPSA) is 37.8 Å². The number of hydrogen-bond acceptors (Lipinski definition) is 3. The normalized spacial score (nSPS) is 12.1. The van der Waals surface area contributed by atoms with Crippen molar-refractivity contribution in [2.24, 2.45) is 0 Å². The smallest absolute Gasteiger partial charge is 0.129 e. The van der Waals surface area contributed by atoms with Crippen LogP contribution in [0.15, 0.2) is 47.5 Å². The van der Waals surface area contributed by atoms with Gasteiger partial charge in [0.1, 0.15) is 4.60 Å². The van der Waals surface area contributed by atoms with Crippen LogP contribution in [0.3, 0.4) is 0 Å². The fourth-order valence-electron chi connectivity index (χ4n) is 1.46. The fourth-order valence-corrected chi connectivity index (χ4v) is 1.83. The first-order chi connectivity index (χ1) is 7.77. The minimum absolute atomic E-state index is 0.225. The molecule has 0 aliphatic carbocycles. The van der Waals surface area contributed by atoms with Crippen LogP contribution in [-0.4, -0.2) is 9.97 Å². The second-order valence-corrected chi connectivity index (χ2v) is 4.24. The van der Waals surface area contributed by atoms with Crippen molar-refractivity contribution in [3.63, 3.8) is 0 Å². The molecule has 0 fully saturated rings. The Kier molecular flexibility index (Phi) is 3.51. The monoisotopic (exact) mass is 277 g/mol. The summed E-state index contributed by atoms with van der Waals surface area (Å²) in [5, 5.41) is 3.39. The third kappa shape index (κ3) is 2.58. The summed E-state index contributed by atoms with van der Waals surface area (Å²) < 4.78 is 0.830. The van der Waals surface area contributed by atoms with Crippen molar-refractivity contribution in [3.05, 3.63) is 53.0 Å². The fraction of sp³-hybridized carbons (Fsp3) is 0.167. The predicted molar refractivity (Wildman–Crippen MR) is 68.2 cm³/mol. The quantitative estimate of drug-likeness (QED) is 0.874. The minimum atomic E-state index is 0.225. The highest BCUT2D eigenvalue weighted by atomic mass is 79.9. The van der Waals surface area contributed by atoms with Crippen LogP contribution < -0.4 is 5.32 Å². The van der Waals surface area contributed by atoms with Gasteiger partial charge in [0, 0.05) is 24.6 Å². The minimum Gasteiger partial charge on any atom is -0.376 e. The molecule has 0 saturated carbocycles. The van der Waals surface area contributed by atoms with Gasteiger partial charge < -0.3 is 5.32 Å². The van der Waals surface area contributed by atoms with Crippen LogP contribution in [-0.2, 0) is 0 Å². The van der Waals surface area contributed by atoms with E-state index in [9.17, 15) is 0 Å². The highest BCUT2D eigenvalue weighted by Crippen LogP contribution is 2.23. The summed E-state index contributed by atoms with van der Waals surface area (Å²) in [5.74, 6) is 0. The maximum Gasteiger partial charge on any atom is 0.129 e. The lowest BCUT2D eigenvalue weighted by atomic mass is 10.1. The van der Waals surface area contributed by atoms with Gasteiger partial charge in [0.2, 0.25) is 0 Å². The number of anilines is 1. The predicted octanol–water partition coefficient (Wildman–Crippen LogP) is 3.41. The Bertz CT molecular complexity index is 459. The molecular formula is C12H12BrN3. The molecule has 4 heteroatoms. The first-order valence-electron chi connectivity index (χ1n) is 5.04. The van der Waals surface area contributed by atoms with E-state index in [2.05, 4.69) is 38.1 Å². The van der Waals surface area contributed by atoms with Crippen LogP contribution in [0.25, 0.3) is 0 Å². The van der Waals surface area contributed by atoms with E-state index >= 15 is 0 Å². The van der Waals surface area contributed by atoms with Gasteiger partial charge in [0.15, 0.2) is 0 Å². The molecule has 2 heterocycles. The van der Waals surface area contributed by atoms with E-state index in [1.54, 1.807) is 18.6 Å². The Morgan fingerprint density at radius 1 is 1.19 bits per heavy atom. The molecule has 16 heavy (non-hydrogen) atoms. The Morgan fingerprint density at radius 2 is 1.94 bits per heavy atom. The van der Waals surface area contributed by atoms with E-state index < -0.39 is 0 Å². The molecular weight excluding hydrogens is 266 g/mol. The van der Waals surface area contributed by atoms with Crippen LogP contribution in [0.5, 0.6) is 0 Å². The van der Waals surface area contributed by atoms with Crippen molar-refractivity contribution < 1.29 is 0 Å². The summed E-state index contributed by atoms with van der Waals surface area (Å²) in [6.07, 6.45) is 5.35. The zero-order chi connectivity index (χ0) is 11.4. The Labute approximate surface area is 103 Å². The lowest BCUT2D eigenvalue weighted by Gasteiger charge is -2.15. The zero-order valence-corrected chi connectivity index (χ0v) is 10.5. The molecule has 2 aromatic heterocycles. The summed E-state index contributed by atoms with van der Waals surface area (Å²) in [4.78, 5) is 8.17. The molecule has 1 unspecified atom stereocenters. The van der Waals surface area contributed by atoms with E-state index in [-0.39, 0.29) is 6.04 Å². The second-order valence-electron chi connectivity index (χ2n) is 3.49. The number of hydrogen-bond donors (Lipinski definition) is 1. The summed E-state index contributed by atoms with van der Waals surface area (Å²) in [7, 11) is 0. The molecule has 3 nitrogen and oxygen atoms in total. The number of pyridine rings is 2. The van der Waals surface area contributed by atoms with Gasteiger partial charge in [-0.1, -0.05) is 0 Å². The van der Waals surface area contributed by atoms with Gasteiger partial charge in [0.05, 0.1) is 5.69 Å². The Balaban J connectivity index is 2.14. The van der Waals surface area contributed by atoms with Crippen LogP contribution in [0.4, 0.5) is 5.69 Å². The van der Waals surface area contributed by atoms with E-state index in [0.717, 1.165) is 10.3 Å². The van der Waals surface area contributed by atoms with Gasteiger partial charge in [-0.25, -0.2) is 4.98 Å². The highest BCUT2D eigenvalue weighted by molar-refractivity contribution is 9.10. The average Bonchev–Trinajstić information content (AvgIpc) is 2.33. The lowest BCUT2D eigenvalue weighted by Crippen LogP contribution is -2.07. The highest BCUT2D eigenvalue weighted by Gasteiger charge is 2.06. The van der Waals surface area contributed by atoms with E-state index in [1.165, 1.54) is 5.56 Å². The van der Waals surface area contributed by atoms with Crippen molar-refractivity contribution in [1.82, 2.24) is 9.97 Å². The molecule has 0 aromatic carbocycles. The molecule has 0 aliphatic rings. The van der Waals surface area contributed by atoms with Gasteiger partial charge in [-0.05, 0) is 52.7 Å². The molecule has 1 N–H and O–H groups in total. The number of aromatic nitrogens is 2. The first kappa shape index (κ1) is 11.1. The van der Waals surface area contributed by atoms with Crippen LogP contribution in [0.1, 0.15) is 18.5 Å². The van der Waals surface area contributed by atoms with E-state index in [4.69, 9.17) is 0 Å². The summed E-state index contributed by atoms with van der Waals surface area (Å²) in [6, 6.07) is 8.13. The third-order valence-corrected chi connectivity index (χ3v) is 2.97. The summed E-state index contributed by atoms with van der Waals surface area (Å²) >= 11 is 3.41. The number of halogens is 1. The van der Waals surface area contributed by atoms with E-state index in [1.807, 2.05) is 24.3 Å². The molecule has 0 spiro atoms. The van der Waals surface area contributed by atoms with E-state index in [0.29, 0.717) is 0 Å². The van der Waals surface area contributed by atoms with Crippen molar-refractivity contribution >= 4 is 21.6 Å². The van der Waals surface area contributed by atoms with Crippen LogP contribution in [0.2, 0.25) is 0 Å². The van der Waals surface area contributed by atoms with Crippen LogP contribution >= 0.6 is 15.9 Å². The molecule has 1 atom stereocenters.